The molecular formula is C16H15NO8S2. The van der Waals surface area contributed by atoms with Crippen LogP contribution in [0.15, 0.2) is 70.5 Å². The molecule has 0 aromatic heterocycles. The minimum absolute atomic E-state index is 0.263. The maximum Gasteiger partial charge on any atom is 0.341 e. The highest BCUT2D eigenvalue weighted by Gasteiger charge is 2.29. The summed E-state index contributed by atoms with van der Waals surface area (Å²) in [5, 5.41) is 0. The van der Waals surface area contributed by atoms with E-state index in [0.717, 1.165) is 0 Å². The van der Waals surface area contributed by atoms with Crippen molar-refractivity contribution in [2.75, 3.05) is 0 Å². The van der Waals surface area contributed by atoms with Crippen molar-refractivity contribution in [3.63, 3.8) is 0 Å². The van der Waals surface area contributed by atoms with Gasteiger partial charge >= 0.3 is 32.2 Å². The Morgan fingerprint density at radius 2 is 1.19 bits per heavy atom. The molecule has 0 heterocycles. The lowest BCUT2D eigenvalue weighted by molar-refractivity contribution is -0.141. The molecule has 11 heteroatoms. The number of rotatable bonds is 7. The largest absolute Gasteiger partial charge is 0.342 e. The average Bonchev–Trinajstić information content (AvgIpc) is 2.62. The van der Waals surface area contributed by atoms with Crippen molar-refractivity contribution in [2.24, 2.45) is 5.73 Å². The Kier molecular flexibility index (Phi) is 6.31. The molecule has 0 bridgehead atoms. The Morgan fingerprint density at radius 3 is 1.63 bits per heavy atom. The average molecular weight is 413 g/mol. The Bertz CT molecular complexity index is 1020. The molecule has 144 valence electrons. The first-order valence-corrected chi connectivity index (χ1v) is 10.2. The Hall–Kier alpha value is -2.76. The monoisotopic (exact) mass is 413 g/mol. The van der Waals surface area contributed by atoms with Crippen LogP contribution in [-0.4, -0.2) is 34.8 Å². The van der Waals surface area contributed by atoms with Gasteiger partial charge in [0.2, 0.25) is 0 Å². The van der Waals surface area contributed by atoms with E-state index in [1.54, 1.807) is 12.1 Å². The van der Waals surface area contributed by atoms with Gasteiger partial charge in [-0.25, -0.2) is 4.79 Å². The van der Waals surface area contributed by atoms with E-state index in [-0.39, 0.29) is 9.79 Å². The third kappa shape index (κ3) is 5.61. The highest BCUT2D eigenvalue weighted by molar-refractivity contribution is 7.87. The Morgan fingerprint density at radius 1 is 0.778 bits per heavy atom. The predicted octanol–water partition coefficient (Wildman–Crippen LogP) is 0.568. The molecule has 9 nitrogen and oxygen atoms in total. The molecule has 0 unspecified atom stereocenters. The van der Waals surface area contributed by atoms with Gasteiger partial charge < -0.3 is 14.1 Å². The highest BCUT2D eigenvalue weighted by atomic mass is 32.2. The molecule has 0 spiro atoms. The number of hydrogen-bond acceptors (Lipinski definition) is 9. The number of carbonyl (C=O) groups is 2. The van der Waals surface area contributed by atoms with Crippen LogP contribution >= 0.6 is 0 Å². The lowest BCUT2D eigenvalue weighted by atomic mass is 10.2. The van der Waals surface area contributed by atoms with Gasteiger partial charge in [-0.05, 0) is 24.3 Å². The molecule has 0 radical (unpaired) electrons. The van der Waals surface area contributed by atoms with Crippen molar-refractivity contribution in [3.05, 3.63) is 60.7 Å². The standard InChI is InChI=1S/C16H15NO8S2/c17-14(16(19)25-27(22,23)13-9-5-2-6-10-13)11-15(18)24-26(20,21)12-7-3-1-4-8-12/h1-10,14H,11,17H2/t14-/m0/s1. The van der Waals surface area contributed by atoms with Crippen LogP contribution < -0.4 is 5.73 Å². The first kappa shape index (κ1) is 20.6. The lowest BCUT2D eigenvalue weighted by Gasteiger charge is -2.11. The van der Waals surface area contributed by atoms with E-state index in [9.17, 15) is 26.4 Å². The van der Waals surface area contributed by atoms with Gasteiger partial charge in [0, 0.05) is 0 Å². The van der Waals surface area contributed by atoms with Crippen LogP contribution in [0.2, 0.25) is 0 Å². The molecule has 2 N–H and O–H groups in total. The van der Waals surface area contributed by atoms with Gasteiger partial charge in [-0.2, -0.15) is 16.8 Å². The summed E-state index contributed by atoms with van der Waals surface area (Å²) < 4.78 is 56.4. The van der Waals surface area contributed by atoms with Crippen LogP contribution in [0.1, 0.15) is 6.42 Å². The second-order valence-electron chi connectivity index (χ2n) is 5.20. The van der Waals surface area contributed by atoms with Crippen LogP contribution in [0.3, 0.4) is 0 Å². The third-order valence-corrected chi connectivity index (χ3v) is 5.64. The summed E-state index contributed by atoms with van der Waals surface area (Å²) in [6, 6.07) is 11.9. The van der Waals surface area contributed by atoms with Crippen LogP contribution in [0.25, 0.3) is 0 Å². The molecule has 0 fully saturated rings. The van der Waals surface area contributed by atoms with Crippen LogP contribution in [-0.2, 0) is 38.2 Å². The summed E-state index contributed by atoms with van der Waals surface area (Å²) in [7, 11) is -8.80. The number of carbonyl (C=O) groups excluding carboxylic acids is 2. The maximum atomic E-state index is 11.9. The molecule has 0 amide bonds. The molecule has 2 aromatic carbocycles. The maximum absolute atomic E-state index is 11.9. The van der Waals surface area contributed by atoms with Crippen molar-refractivity contribution in [1.82, 2.24) is 0 Å². The highest BCUT2D eigenvalue weighted by Crippen LogP contribution is 2.14. The first-order chi connectivity index (χ1) is 12.6. The van der Waals surface area contributed by atoms with E-state index in [0.29, 0.717) is 0 Å². The topological polar surface area (TPSA) is 147 Å². The summed E-state index contributed by atoms with van der Waals surface area (Å²) in [6.45, 7) is 0. The van der Waals surface area contributed by atoms with Gasteiger partial charge in [0.15, 0.2) is 0 Å². The fraction of sp³-hybridized carbons (Fsp3) is 0.125. The second kappa shape index (κ2) is 8.29. The summed E-state index contributed by atoms with van der Waals surface area (Å²) in [5.41, 5.74) is 5.43. The van der Waals surface area contributed by atoms with Gasteiger partial charge in [-0.1, -0.05) is 36.4 Å². The summed E-state index contributed by atoms with van der Waals surface area (Å²) in [6.07, 6.45) is -0.894. The Balaban J connectivity index is 1.99. The summed E-state index contributed by atoms with van der Waals surface area (Å²) in [4.78, 5) is 23.0. The van der Waals surface area contributed by atoms with E-state index in [1.807, 2.05) is 0 Å². The van der Waals surface area contributed by atoms with Crippen molar-refractivity contribution >= 4 is 32.2 Å². The summed E-state index contributed by atoms with van der Waals surface area (Å²) in [5.74, 6) is -2.76. The van der Waals surface area contributed by atoms with Crippen molar-refractivity contribution in [3.8, 4) is 0 Å². The molecule has 0 saturated heterocycles. The third-order valence-electron chi connectivity index (χ3n) is 3.15. The van der Waals surface area contributed by atoms with E-state index >= 15 is 0 Å². The van der Waals surface area contributed by atoms with Gasteiger partial charge in [0.25, 0.3) is 0 Å². The minimum atomic E-state index is -4.42. The second-order valence-corrected chi connectivity index (χ2v) is 8.30. The zero-order valence-electron chi connectivity index (χ0n) is 13.7. The quantitative estimate of drug-likeness (QED) is 0.643. The first-order valence-electron chi connectivity index (χ1n) is 7.43. The minimum Gasteiger partial charge on any atom is -0.342 e. The smallest absolute Gasteiger partial charge is 0.341 e. The number of benzene rings is 2. The molecule has 0 aliphatic rings. The van der Waals surface area contributed by atoms with Crippen molar-refractivity contribution in [1.29, 1.82) is 0 Å². The molecule has 27 heavy (non-hydrogen) atoms. The van der Waals surface area contributed by atoms with Crippen LogP contribution in [0.5, 0.6) is 0 Å². The molecule has 0 aliphatic carbocycles. The van der Waals surface area contributed by atoms with Crippen molar-refractivity contribution < 1.29 is 34.8 Å². The van der Waals surface area contributed by atoms with E-state index in [1.165, 1.54) is 48.5 Å². The van der Waals surface area contributed by atoms with Crippen molar-refractivity contribution in [2.45, 2.75) is 22.3 Å². The van der Waals surface area contributed by atoms with Gasteiger partial charge in [-0.15, -0.1) is 0 Å². The lowest BCUT2D eigenvalue weighted by Crippen LogP contribution is -2.36. The fourth-order valence-corrected chi connectivity index (χ4v) is 3.69. The van der Waals surface area contributed by atoms with Gasteiger partial charge in [-0.3, -0.25) is 4.79 Å². The molecule has 0 aliphatic heterocycles. The zero-order valence-corrected chi connectivity index (χ0v) is 15.4. The predicted molar refractivity (Wildman–Crippen MR) is 92.0 cm³/mol. The number of hydrogen-bond donors (Lipinski definition) is 1. The summed E-state index contributed by atoms with van der Waals surface area (Å²) >= 11 is 0. The van der Waals surface area contributed by atoms with Crippen LogP contribution in [0, 0.1) is 0 Å². The van der Waals surface area contributed by atoms with Gasteiger partial charge in [0.1, 0.15) is 15.8 Å². The van der Waals surface area contributed by atoms with E-state index in [4.69, 9.17) is 5.73 Å². The number of nitrogens with two attached hydrogens (primary N) is 1. The fourth-order valence-electron chi connectivity index (χ4n) is 1.86. The molecular weight excluding hydrogens is 398 g/mol. The Labute approximate surface area is 156 Å². The molecule has 1 atom stereocenters. The van der Waals surface area contributed by atoms with E-state index < -0.39 is 44.6 Å². The van der Waals surface area contributed by atoms with Crippen LogP contribution in [0.4, 0.5) is 0 Å². The van der Waals surface area contributed by atoms with Gasteiger partial charge in [0.05, 0.1) is 6.42 Å². The van der Waals surface area contributed by atoms with E-state index in [2.05, 4.69) is 8.37 Å². The zero-order chi connectivity index (χ0) is 20.1. The molecule has 2 aromatic rings. The molecule has 2 rings (SSSR count). The SMILES string of the molecule is N[C@@H](CC(=O)OS(=O)(=O)c1ccccc1)C(=O)OS(=O)(=O)c1ccccc1. The molecule has 0 saturated carbocycles. The normalized spacial score (nSPS) is 12.8.